The lowest BCUT2D eigenvalue weighted by molar-refractivity contribution is -0.141. The van der Waals surface area contributed by atoms with Crippen molar-refractivity contribution in [3.63, 3.8) is 0 Å². The predicted octanol–water partition coefficient (Wildman–Crippen LogP) is 2.83. The van der Waals surface area contributed by atoms with Gasteiger partial charge >= 0.3 is 12.1 Å². The van der Waals surface area contributed by atoms with Gasteiger partial charge in [0.15, 0.2) is 0 Å². The monoisotopic (exact) mass is 297 g/mol. The van der Waals surface area contributed by atoms with Crippen LogP contribution in [0.15, 0.2) is 0 Å². The number of ether oxygens (including phenoxy) is 2. The maximum absolute atomic E-state index is 12.3. The van der Waals surface area contributed by atoms with Gasteiger partial charge in [0.25, 0.3) is 0 Å². The normalized spacial score (nSPS) is 32.9. The maximum Gasteiger partial charge on any atom is 0.410 e. The fourth-order valence-electron chi connectivity index (χ4n) is 3.43. The molecule has 4 atom stereocenters. The molecule has 1 heterocycles. The van der Waals surface area contributed by atoms with Crippen molar-refractivity contribution in [1.29, 1.82) is 0 Å². The molecule has 0 spiro atoms. The zero-order valence-electron chi connectivity index (χ0n) is 13.5. The Labute approximate surface area is 127 Å². The van der Waals surface area contributed by atoms with E-state index in [4.69, 9.17) is 9.47 Å². The molecule has 0 aromatic heterocycles. The standard InChI is InChI=1S/C16H27NO4/c1-10(2)12-6-5-11(3)9-14(12)21-16(19)17(4)13-7-8-20-15(13)18/h10-14H,5-9H2,1-4H3/t11-,12+,13+,14-/m1/s1. The Hall–Kier alpha value is -1.26. The Kier molecular flexibility index (Phi) is 5.12. The van der Waals surface area contributed by atoms with E-state index >= 15 is 0 Å². The first-order chi connectivity index (χ1) is 9.90. The number of hydrogen-bond donors (Lipinski definition) is 0. The molecule has 1 saturated carbocycles. The van der Waals surface area contributed by atoms with Gasteiger partial charge in [-0.15, -0.1) is 0 Å². The first-order valence-corrected chi connectivity index (χ1v) is 8.00. The molecule has 0 bridgehead atoms. The highest BCUT2D eigenvalue weighted by Crippen LogP contribution is 2.35. The first-order valence-electron chi connectivity index (χ1n) is 8.00. The molecule has 0 aromatic carbocycles. The van der Waals surface area contributed by atoms with Crippen LogP contribution in [-0.4, -0.2) is 42.8 Å². The minimum Gasteiger partial charge on any atom is -0.464 e. The Balaban J connectivity index is 1.97. The third-order valence-electron chi connectivity index (χ3n) is 4.88. The van der Waals surface area contributed by atoms with Crippen molar-refractivity contribution in [1.82, 2.24) is 4.90 Å². The number of nitrogens with zero attached hydrogens (tertiary/aromatic N) is 1. The Morgan fingerprint density at radius 1 is 1.33 bits per heavy atom. The molecular weight excluding hydrogens is 270 g/mol. The molecule has 2 rings (SSSR count). The van der Waals surface area contributed by atoms with Crippen LogP contribution in [0.1, 0.15) is 46.5 Å². The third-order valence-corrected chi connectivity index (χ3v) is 4.88. The molecule has 120 valence electrons. The number of cyclic esters (lactones) is 1. The largest absolute Gasteiger partial charge is 0.464 e. The second kappa shape index (κ2) is 6.67. The molecule has 1 saturated heterocycles. The van der Waals surface area contributed by atoms with Gasteiger partial charge in [-0.3, -0.25) is 4.90 Å². The smallest absolute Gasteiger partial charge is 0.410 e. The summed E-state index contributed by atoms with van der Waals surface area (Å²) < 4.78 is 10.7. The van der Waals surface area contributed by atoms with E-state index in [9.17, 15) is 9.59 Å². The van der Waals surface area contributed by atoms with Gasteiger partial charge in [0.2, 0.25) is 0 Å². The number of likely N-dealkylation sites (N-methyl/N-ethyl adjacent to an activating group) is 1. The van der Waals surface area contributed by atoms with E-state index in [-0.39, 0.29) is 12.1 Å². The lowest BCUT2D eigenvalue weighted by Crippen LogP contribution is -2.44. The van der Waals surface area contributed by atoms with Crippen molar-refractivity contribution in [2.24, 2.45) is 17.8 Å². The third kappa shape index (κ3) is 3.69. The first kappa shape index (κ1) is 16.1. The molecule has 5 heteroatoms. The summed E-state index contributed by atoms with van der Waals surface area (Å²) in [5.74, 6) is 1.16. The van der Waals surface area contributed by atoms with Crippen LogP contribution in [0.5, 0.6) is 0 Å². The number of hydrogen-bond acceptors (Lipinski definition) is 4. The van der Waals surface area contributed by atoms with Crippen molar-refractivity contribution in [3.05, 3.63) is 0 Å². The second-order valence-electron chi connectivity index (χ2n) is 6.83. The Bertz CT molecular complexity index is 396. The van der Waals surface area contributed by atoms with Gasteiger partial charge in [-0.05, 0) is 30.6 Å². The van der Waals surface area contributed by atoms with Crippen LogP contribution in [-0.2, 0) is 14.3 Å². The van der Waals surface area contributed by atoms with Gasteiger partial charge in [0.1, 0.15) is 12.1 Å². The van der Waals surface area contributed by atoms with Gasteiger partial charge in [-0.25, -0.2) is 9.59 Å². The van der Waals surface area contributed by atoms with Crippen molar-refractivity contribution in [2.75, 3.05) is 13.7 Å². The molecule has 0 radical (unpaired) electrons. The summed E-state index contributed by atoms with van der Waals surface area (Å²) in [4.78, 5) is 25.3. The molecule has 0 unspecified atom stereocenters. The average molecular weight is 297 g/mol. The number of amides is 1. The maximum atomic E-state index is 12.3. The quantitative estimate of drug-likeness (QED) is 0.752. The summed E-state index contributed by atoms with van der Waals surface area (Å²) in [5, 5.41) is 0. The molecule has 5 nitrogen and oxygen atoms in total. The van der Waals surface area contributed by atoms with Crippen LogP contribution in [0.3, 0.4) is 0 Å². The second-order valence-corrected chi connectivity index (χ2v) is 6.83. The van der Waals surface area contributed by atoms with E-state index in [1.54, 1.807) is 7.05 Å². The van der Waals surface area contributed by atoms with E-state index < -0.39 is 12.1 Å². The van der Waals surface area contributed by atoms with Crippen LogP contribution >= 0.6 is 0 Å². The zero-order valence-corrected chi connectivity index (χ0v) is 13.5. The molecular formula is C16H27NO4. The topological polar surface area (TPSA) is 55.8 Å². The summed E-state index contributed by atoms with van der Waals surface area (Å²) in [6.07, 6.45) is 3.33. The highest BCUT2D eigenvalue weighted by molar-refractivity contribution is 5.82. The fraction of sp³-hybridized carbons (Fsp3) is 0.875. The summed E-state index contributed by atoms with van der Waals surface area (Å²) in [6, 6.07) is -0.490. The van der Waals surface area contributed by atoms with Crippen LogP contribution in [0.2, 0.25) is 0 Å². The minimum atomic E-state index is -0.490. The van der Waals surface area contributed by atoms with E-state index in [2.05, 4.69) is 20.8 Å². The van der Waals surface area contributed by atoms with E-state index in [1.165, 1.54) is 11.3 Å². The summed E-state index contributed by atoms with van der Waals surface area (Å²) in [5.41, 5.74) is 0. The average Bonchev–Trinajstić information content (AvgIpc) is 2.83. The number of rotatable bonds is 3. The number of carbonyl (C=O) groups excluding carboxylic acids is 2. The summed E-state index contributed by atoms with van der Waals surface area (Å²) >= 11 is 0. The molecule has 1 amide bonds. The van der Waals surface area contributed by atoms with Crippen LogP contribution in [0.4, 0.5) is 4.79 Å². The van der Waals surface area contributed by atoms with Crippen LogP contribution < -0.4 is 0 Å². The van der Waals surface area contributed by atoms with Crippen LogP contribution in [0.25, 0.3) is 0 Å². The number of esters is 1. The van der Waals surface area contributed by atoms with Crippen molar-refractivity contribution < 1.29 is 19.1 Å². The molecule has 0 N–H and O–H groups in total. The van der Waals surface area contributed by atoms with Crippen molar-refractivity contribution >= 4 is 12.1 Å². The molecule has 0 aromatic rings. The van der Waals surface area contributed by atoms with E-state index in [0.717, 1.165) is 12.8 Å². The SMILES string of the molecule is CC(C)[C@@H]1CC[C@@H](C)C[C@H]1OC(=O)N(C)[C@H]1CCOC1=O. The highest BCUT2D eigenvalue weighted by Gasteiger charge is 2.37. The lowest BCUT2D eigenvalue weighted by atomic mass is 9.75. The zero-order chi connectivity index (χ0) is 15.6. The lowest BCUT2D eigenvalue weighted by Gasteiger charge is -2.37. The summed E-state index contributed by atoms with van der Waals surface area (Å²) in [7, 11) is 1.62. The van der Waals surface area contributed by atoms with Gasteiger partial charge in [0.05, 0.1) is 6.61 Å². The summed E-state index contributed by atoms with van der Waals surface area (Å²) in [6.45, 7) is 6.95. The van der Waals surface area contributed by atoms with Gasteiger partial charge in [0, 0.05) is 13.5 Å². The molecule has 21 heavy (non-hydrogen) atoms. The van der Waals surface area contributed by atoms with E-state index in [1.807, 2.05) is 0 Å². The van der Waals surface area contributed by atoms with Crippen molar-refractivity contribution in [2.45, 2.75) is 58.6 Å². The Morgan fingerprint density at radius 3 is 2.62 bits per heavy atom. The van der Waals surface area contributed by atoms with Crippen molar-refractivity contribution in [3.8, 4) is 0 Å². The Morgan fingerprint density at radius 2 is 2.05 bits per heavy atom. The molecule has 1 aliphatic carbocycles. The molecule has 1 aliphatic heterocycles. The molecule has 2 fully saturated rings. The molecule has 2 aliphatic rings. The van der Waals surface area contributed by atoms with Crippen LogP contribution in [0, 0.1) is 17.8 Å². The van der Waals surface area contributed by atoms with Gasteiger partial charge in [-0.2, -0.15) is 0 Å². The van der Waals surface area contributed by atoms with E-state index in [0.29, 0.717) is 30.8 Å². The predicted molar refractivity (Wildman–Crippen MR) is 78.7 cm³/mol. The number of carbonyl (C=O) groups is 2. The minimum absolute atomic E-state index is 0.0406. The highest BCUT2D eigenvalue weighted by atomic mass is 16.6. The fourth-order valence-corrected chi connectivity index (χ4v) is 3.43. The van der Waals surface area contributed by atoms with Gasteiger partial charge < -0.3 is 9.47 Å². The van der Waals surface area contributed by atoms with Gasteiger partial charge in [-0.1, -0.05) is 27.2 Å².